The van der Waals surface area contributed by atoms with Crippen LogP contribution in [0.2, 0.25) is 0 Å². The van der Waals surface area contributed by atoms with Crippen LogP contribution in [0.15, 0.2) is 48.7 Å². The van der Waals surface area contributed by atoms with Gasteiger partial charge in [-0.15, -0.1) is 0 Å². The van der Waals surface area contributed by atoms with Crippen molar-refractivity contribution in [1.82, 2.24) is 19.8 Å². The number of likely N-dealkylation sites (N-methyl/N-ethyl adjacent to an activating group) is 1. The average Bonchev–Trinajstić information content (AvgIpc) is 2.71. The minimum atomic E-state index is -0.153. The third kappa shape index (κ3) is 3.46. The first-order valence-electron chi connectivity index (χ1n) is 9.17. The van der Waals surface area contributed by atoms with Crippen molar-refractivity contribution in [2.24, 2.45) is 0 Å². The van der Waals surface area contributed by atoms with Crippen molar-refractivity contribution in [3.8, 4) is 11.6 Å². The minimum Gasteiger partial charge on any atom is -0.505 e. The molecule has 0 spiro atoms. The molecule has 0 saturated carbocycles. The number of nitrogens with zero attached hydrogens (tertiary/aromatic N) is 4. The van der Waals surface area contributed by atoms with Gasteiger partial charge in [0.1, 0.15) is 11.3 Å². The van der Waals surface area contributed by atoms with Crippen LogP contribution in [0.5, 0.6) is 11.6 Å². The molecule has 140 valence electrons. The van der Waals surface area contributed by atoms with Gasteiger partial charge in [-0.05, 0) is 19.2 Å². The Morgan fingerprint density at radius 1 is 1.04 bits per heavy atom. The number of pyridine rings is 2. The smallest absolute Gasteiger partial charge is 0.213 e. The summed E-state index contributed by atoms with van der Waals surface area (Å²) in [6.07, 6.45) is 1.71. The normalized spacial score (nSPS) is 17.1. The average molecular weight is 364 g/mol. The lowest BCUT2D eigenvalue weighted by Crippen LogP contribution is -2.46. The molecule has 6 heteroatoms. The number of rotatable bonds is 4. The van der Waals surface area contributed by atoms with Gasteiger partial charge in [-0.3, -0.25) is 9.88 Å². The summed E-state index contributed by atoms with van der Waals surface area (Å²) in [5, 5.41) is 12.0. The summed E-state index contributed by atoms with van der Waals surface area (Å²) in [6.45, 7) is 3.76. The molecule has 0 amide bonds. The Bertz CT molecular complexity index is 938. The molecule has 6 nitrogen and oxygen atoms in total. The number of hydrogen-bond acceptors (Lipinski definition) is 6. The van der Waals surface area contributed by atoms with Crippen molar-refractivity contribution >= 4 is 10.9 Å². The summed E-state index contributed by atoms with van der Waals surface area (Å²) in [7, 11) is 3.75. The van der Waals surface area contributed by atoms with E-state index in [2.05, 4.69) is 26.8 Å². The number of aromatic nitrogens is 2. The van der Waals surface area contributed by atoms with E-state index in [1.807, 2.05) is 42.5 Å². The Morgan fingerprint density at radius 3 is 2.63 bits per heavy atom. The highest BCUT2D eigenvalue weighted by Gasteiger charge is 2.29. The largest absolute Gasteiger partial charge is 0.505 e. The van der Waals surface area contributed by atoms with Gasteiger partial charge in [-0.1, -0.05) is 24.3 Å². The number of piperazine rings is 1. The fourth-order valence-corrected chi connectivity index (χ4v) is 3.69. The number of ether oxygens (including phenoxy) is 1. The van der Waals surface area contributed by atoms with Crippen molar-refractivity contribution in [2.45, 2.75) is 6.04 Å². The highest BCUT2D eigenvalue weighted by atomic mass is 16.5. The van der Waals surface area contributed by atoms with Crippen molar-refractivity contribution in [1.29, 1.82) is 0 Å². The number of phenolic OH excluding ortho intramolecular Hbond substituents is 1. The molecule has 2 aromatic heterocycles. The predicted molar refractivity (Wildman–Crippen MR) is 105 cm³/mol. The van der Waals surface area contributed by atoms with Gasteiger partial charge < -0.3 is 14.7 Å². The van der Waals surface area contributed by atoms with Crippen LogP contribution in [0.3, 0.4) is 0 Å². The van der Waals surface area contributed by atoms with E-state index < -0.39 is 0 Å². The molecule has 1 aromatic carbocycles. The maximum Gasteiger partial charge on any atom is 0.213 e. The number of hydrogen-bond donors (Lipinski definition) is 1. The zero-order valence-electron chi connectivity index (χ0n) is 15.7. The molecule has 1 aliphatic heterocycles. The lowest BCUT2D eigenvalue weighted by Gasteiger charge is -2.38. The number of fused-ring (bicyclic) bond motifs is 1. The third-order valence-electron chi connectivity index (χ3n) is 5.21. The van der Waals surface area contributed by atoms with Crippen LogP contribution >= 0.6 is 0 Å². The van der Waals surface area contributed by atoms with Gasteiger partial charge in [0, 0.05) is 49.4 Å². The van der Waals surface area contributed by atoms with Crippen LogP contribution in [0.25, 0.3) is 10.9 Å². The second-order valence-electron chi connectivity index (χ2n) is 6.93. The molecule has 1 N–H and O–H groups in total. The summed E-state index contributed by atoms with van der Waals surface area (Å²) in [5.41, 5.74) is 2.31. The van der Waals surface area contributed by atoms with E-state index in [4.69, 9.17) is 4.74 Å². The van der Waals surface area contributed by atoms with E-state index in [1.165, 1.54) is 0 Å². The summed E-state index contributed by atoms with van der Waals surface area (Å²) in [6, 6.07) is 13.5. The molecule has 1 fully saturated rings. The maximum absolute atomic E-state index is 11.0. The van der Waals surface area contributed by atoms with Crippen LogP contribution in [0, 0.1) is 0 Å². The number of benzene rings is 1. The monoisotopic (exact) mass is 364 g/mol. The van der Waals surface area contributed by atoms with Gasteiger partial charge in [-0.25, -0.2) is 4.98 Å². The van der Waals surface area contributed by atoms with E-state index in [0.29, 0.717) is 11.4 Å². The third-order valence-corrected chi connectivity index (χ3v) is 5.21. The Kier molecular flexibility index (Phi) is 4.92. The van der Waals surface area contributed by atoms with Crippen LogP contribution in [0.1, 0.15) is 17.3 Å². The quantitative estimate of drug-likeness (QED) is 0.768. The molecule has 0 bridgehead atoms. The lowest BCUT2D eigenvalue weighted by atomic mass is 9.97. The molecule has 1 aliphatic rings. The molecule has 27 heavy (non-hydrogen) atoms. The topological polar surface area (TPSA) is 61.7 Å². The predicted octanol–water partition coefficient (Wildman–Crippen LogP) is 2.68. The van der Waals surface area contributed by atoms with Crippen molar-refractivity contribution in [3.05, 3.63) is 59.9 Å². The fraction of sp³-hybridized carbons (Fsp3) is 0.333. The first-order valence-corrected chi connectivity index (χ1v) is 9.17. The molecular weight excluding hydrogens is 340 g/mol. The van der Waals surface area contributed by atoms with Gasteiger partial charge in [0.15, 0.2) is 0 Å². The molecule has 3 heterocycles. The van der Waals surface area contributed by atoms with Crippen LogP contribution in [-0.2, 0) is 0 Å². The standard InChI is InChI=1S/C21H24N4O2/c1-24-11-13-25(14-12-24)20(17-6-3-7-18(23-17)27-2)16-9-8-15-5-4-10-22-19(15)21(16)26/h3-10,20,26H,11-14H2,1-2H3. The summed E-state index contributed by atoms with van der Waals surface area (Å²) >= 11 is 0. The van der Waals surface area contributed by atoms with Gasteiger partial charge in [0.05, 0.1) is 18.8 Å². The SMILES string of the molecule is COc1cccc(C(c2ccc3cccnc3c2O)N2CCN(C)CC2)n1. The molecule has 0 aliphatic carbocycles. The molecule has 3 aromatic rings. The first kappa shape index (κ1) is 17.7. The fourth-order valence-electron chi connectivity index (χ4n) is 3.69. The van der Waals surface area contributed by atoms with E-state index in [9.17, 15) is 5.11 Å². The number of phenols is 1. The zero-order chi connectivity index (χ0) is 18.8. The molecule has 0 radical (unpaired) electrons. The Hall–Kier alpha value is -2.70. The van der Waals surface area contributed by atoms with Gasteiger partial charge in [0.25, 0.3) is 0 Å². The molecule has 1 atom stereocenters. The van der Waals surface area contributed by atoms with Crippen molar-refractivity contribution < 1.29 is 9.84 Å². The Labute approximate surface area is 159 Å². The maximum atomic E-state index is 11.0. The summed E-state index contributed by atoms with van der Waals surface area (Å²) in [5.74, 6) is 0.798. The van der Waals surface area contributed by atoms with Gasteiger partial charge in [-0.2, -0.15) is 0 Å². The first-order chi connectivity index (χ1) is 13.2. The second kappa shape index (κ2) is 7.50. The van der Waals surface area contributed by atoms with Crippen LogP contribution < -0.4 is 4.74 Å². The number of aromatic hydroxyl groups is 1. The summed E-state index contributed by atoms with van der Waals surface area (Å²) in [4.78, 5) is 13.7. The van der Waals surface area contributed by atoms with E-state index in [0.717, 1.165) is 42.8 Å². The van der Waals surface area contributed by atoms with Crippen molar-refractivity contribution in [2.75, 3.05) is 40.3 Å². The molecule has 1 saturated heterocycles. The van der Waals surface area contributed by atoms with Crippen LogP contribution in [0.4, 0.5) is 0 Å². The van der Waals surface area contributed by atoms with E-state index >= 15 is 0 Å². The van der Waals surface area contributed by atoms with Crippen LogP contribution in [-0.4, -0.2) is 65.2 Å². The Morgan fingerprint density at radius 2 is 1.85 bits per heavy atom. The number of methoxy groups -OCH3 is 1. The van der Waals surface area contributed by atoms with Gasteiger partial charge in [0.2, 0.25) is 5.88 Å². The summed E-state index contributed by atoms with van der Waals surface area (Å²) < 4.78 is 5.33. The van der Waals surface area contributed by atoms with Gasteiger partial charge >= 0.3 is 0 Å². The highest BCUT2D eigenvalue weighted by Crippen LogP contribution is 2.37. The van der Waals surface area contributed by atoms with E-state index in [1.54, 1.807) is 13.3 Å². The molecule has 4 rings (SSSR count). The molecular formula is C21H24N4O2. The zero-order valence-corrected chi connectivity index (χ0v) is 15.7. The Balaban J connectivity index is 1.83. The minimum absolute atomic E-state index is 0.153. The highest BCUT2D eigenvalue weighted by molar-refractivity contribution is 5.85. The van der Waals surface area contributed by atoms with Crippen molar-refractivity contribution in [3.63, 3.8) is 0 Å². The second-order valence-corrected chi connectivity index (χ2v) is 6.93. The molecule has 1 unspecified atom stereocenters. The lowest BCUT2D eigenvalue weighted by molar-refractivity contribution is 0.124. The van der Waals surface area contributed by atoms with E-state index in [-0.39, 0.29) is 11.8 Å².